The lowest BCUT2D eigenvalue weighted by atomic mass is 10.2. The van der Waals surface area contributed by atoms with Crippen molar-refractivity contribution in [2.24, 2.45) is 21.0 Å². The van der Waals surface area contributed by atoms with E-state index in [0.717, 1.165) is 24.6 Å². The molecule has 136 valence electrons. The van der Waals surface area contributed by atoms with E-state index in [9.17, 15) is 30.6 Å². The van der Waals surface area contributed by atoms with Gasteiger partial charge in [-0.05, 0) is 24.3 Å². The minimum absolute atomic E-state index is 0.0878. The third kappa shape index (κ3) is 4.03. The lowest BCUT2D eigenvalue weighted by molar-refractivity contribution is 0.367. The Balaban J connectivity index is 2.03. The summed E-state index contributed by atoms with van der Waals surface area (Å²) in [5.41, 5.74) is 7.98. The van der Waals surface area contributed by atoms with E-state index < -0.39 is 34.5 Å². The maximum atomic E-state index is 9.60. The van der Waals surface area contributed by atoms with Crippen LogP contribution in [-0.4, -0.2) is 49.0 Å². The topological polar surface area (TPSA) is 197 Å². The maximum Gasteiger partial charge on any atom is 0.234 e. The number of phenolic OH excluding ortho intramolecular Hbond substituents is 6. The van der Waals surface area contributed by atoms with Crippen LogP contribution in [0.4, 0.5) is 0 Å². The number of hydrogen-bond acceptors (Lipinski definition) is 9. The van der Waals surface area contributed by atoms with Gasteiger partial charge in [-0.1, -0.05) is 0 Å². The van der Waals surface area contributed by atoms with E-state index in [4.69, 9.17) is 5.73 Å². The monoisotopic (exact) mass is 361 g/mol. The smallest absolute Gasteiger partial charge is 0.234 e. The summed E-state index contributed by atoms with van der Waals surface area (Å²) in [5, 5.41) is 67.1. The van der Waals surface area contributed by atoms with Crippen LogP contribution in [0.1, 0.15) is 11.1 Å². The van der Waals surface area contributed by atoms with E-state index >= 15 is 0 Å². The highest BCUT2D eigenvalue weighted by Crippen LogP contribution is 2.36. The van der Waals surface area contributed by atoms with Crippen LogP contribution < -0.4 is 11.2 Å². The Morgan fingerprint density at radius 3 is 1.81 bits per heavy atom. The first-order chi connectivity index (χ1) is 12.3. The van der Waals surface area contributed by atoms with Crippen LogP contribution in [0.25, 0.3) is 0 Å². The zero-order valence-electron chi connectivity index (χ0n) is 13.1. The van der Waals surface area contributed by atoms with Crippen LogP contribution in [0.3, 0.4) is 0 Å². The highest BCUT2D eigenvalue weighted by atomic mass is 16.3. The molecule has 0 atom stereocenters. The van der Waals surface area contributed by atoms with E-state index in [1.807, 2.05) is 0 Å². The molecule has 0 spiro atoms. The number of hydrazone groups is 1. The van der Waals surface area contributed by atoms with E-state index in [0.29, 0.717) is 0 Å². The molecule has 0 heterocycles. The van der Waals surface area contributed by atoms with Crippen molar-refractivity contribution in [1.29, 1.82) is 0 Å². The molecule has 0 aliphatic heterocycles. The van der Waals surface area contributed by atoms with Gasteiger partial charge in [-0.25, -0.2) is 5.43 Å². The van der Waals surface area contributed by atoms with E-state index in [1.165, 1.54) is 12.1 Å². The molecule has 0 amide bonds. The van der Waals surface area contributed by atoms with Gasteiger partial charge < -0.3 is 36.4 Å². The van der Waals surface area contributed by atoms with Crippen molar-refractivity contribution in [3.05, 3.63) is 35.4 Å². The van der Waals surface area contributed by atoms with Gasteiger partial charge in [-0.15, -0.1) is 5.10 Å². The molecule has 0 fully saturated rings. The number of aromatic hydroxyl groups is 6. The minimum Gasteiger partial charge on any atom is -0.504 e. The molecule has 0 saturated heterocycles. The first-order valence-electron chi connectivity index (χ1n) is 6.94. The fourth-order valence-corrected chi connectivity index (χ4v) is 1.72. The van der Waals surface area contributed by atoms with Crippen molar-refractivity contribution in [3.8, 4) is 34.5 Å². The molecule has 0 bridgehead atoms. The number of hydrogen-bond donors (Lipinski definition) is 8. The van der Waals surface area contributed by atoms with Gasteiger partial charge >= 0.3 is 0 Å². The van der Waals surface area contributed by atoms with Crippen molar-refractivity contribution in [1.82, 2.24) is 5.43 Å². The summed E-state index contributed by atoms with van der Waals surface area (Å²) in [6.45, 7) is 0. The molecular weight excluding hydrogens is 346 g/mol. The van der Waals surface area contributed by atoms with Crippen molar-refractivity contribution in [2.45, 2.75) is 0 Å². The number of nitrogens with one attached hydrogen (secondary N) is 1. The highest BCUT2D eigenvalue weighted by molar-refractivity contribution is 5.88. The standard InChI is InChI=1S/C15H15N5O6/c16-15(19-17-5-7-1-3-9(21)13(25)11(7)23)20-18-6-8-2-4-10(22)14(26)12(8)24/h1-6,21-26H,(H3,16,19,20). The molecule has 0 aromatic heterocycles. The molecule has 11 nitrogen and oxygen atoms in total. The molecule has 2 aromatic carbocycles. The van der Waals surface area contributed by atoms with Gasteiger partial charge in [0.05, 0.1) is 12.4 Å². The SMILES string of the molecule is NC(=NN=Cc1ccc(O)c(O)c1O)NN=Cc1ccc(O)c(O)c1O. The second-order valence-electron chi connectivity index (χ2n) is 4.84. The van der Waals surface area contributed by atoms with Crippen molar-refractivity contribution in [2.75, 3.05) is 0 Å². The molecule has 9 N–H and O–H groups in total. The molecule has 0 saturated carbocycles. The molecule has 0 radical (unpaired) electrons. The molecule has 2 aromatic rings. The van der Waals surface area contributed by atoms with Gasteiger partial charge in [-0.2, -0.15) is 10.2 Å². The van der Waals surface area contributed by atoms with Crippen molar-refractivity contribution in [3.63, 3.8) is 0 Å². The molecule has 0 unspecified atom stereocenters. The van der Waals surface area contributed by atoms with Crippen LogP contribution in [0.15, 0.2) is 39.6 Å². The Morgan fingerprint density at radius 1 is 0.769 bits per heavy atom. The van der Waals surface area contributed by atoms with Crippen molar-refractivity contribution >= 4 is 18.4 Å². The Kier molecular flexibility index (Phi) is 5.33. The van der Waals surface area contributed by atoms with Gasteiger partial charge in [0.15, 0.2) is 23.0 Å². The second kappa shape index (κ2) is 7.61. The number of benzene rings is 2. The molecule has 0 aliphatic rings. The van der Waals surface area contributed by atoms with Gasteiger partial charge in [0.25, 0.3) is 0 Å². The van der Waals surface area contributed by atoms with Gasteiger partial charge in [0.1, 0.15) is 0 Å². The molecule has 2 rings (SSSR count). The Bertz CT molecular complexity index is 910. The fraction of sp³-hybridized carbons (Fsp3) is 0. The summed E-state index contributed by atoms with van der Waals surface area (Å²) in [4.78, 5) is 0. The first-order valence-corrected chi connectivity index (χ1v) is 6.94. The second-order valence-corrected chi connectivity index (χ2v) is 4.84. The van der Waals surface area contributed by atoms with E-state index in [1.54, 1.807) is 0 Å². The zero-order valence-corrected chi connectivity index (χ0v) is 13.1. The number of nitrogens with two attached hydrogens (primary N) is 1. The average molecular weight is 361 g/mol. The van der Waals surface area contributed by atoms with E-state index in [-0.39, 0.29) is 17.1 Å². The Labute approximate surface area is 146 Å². The number of phenols is 6. The Morgan fingerprint density at radius 2 is 1.27 bits per heavy atom. The summed E-state index contributed by atoms with van der Waals surface area (Å²) in [5.74, 6) is -3.72. The molecular formula is C15H15N5O6. The summed E-state index contributed by atoms with van der Waals surface area (Å²) >= 11 is 0. The van der Waals surface area contributed by atoms with Gasteiger partial charge in [-0.3, -0.25) is 0 Å². The third-order valence-electron chi connectivity index (χ3n) is 3.07. The van der Waals surface area contributed by atoms with Crippen LogP contribution in [-0.2, 0) is 0 Å². The number of rotatable bonds is 4. The normalized spacial score (nSPS) is 12.1. The van der Waals surface area contributed by atoms with Gasteiger partial charge in [0.2, 0.25) is 17.5 Å². The number of nitrogens with zero attached hydrogens (tertiary/aromatic N) is 3. The van der Waals surface area contributed by atoms with Crippen LogP contribution in [0.5, 0.6) is 34.5 Å². The summed E-state index contributed by atoms with van der Waals surface area (Å²) in [6, 6.07) is 4.93. The summed E-state index contributed by atoms with van der Waals surface area (Å²) < 4.78 is 0. The molecule has 0 aliphatic carbocycles. The predicted octanol–water partition coefficient (Wildman–Crippen LogP) is 0.192. The third-order valence-corrected chi connectivity index (χ3v) is 3.07. The molecule has 26 heavy (non-hydrogen) atoms. The van der Waals surface area contributed by atoms with Gasteiger partial charge in [0, 0.05) is 11.1 Å². The fourth-order valence-electron chi connectivity index (χ4n) is 1.72. The van der Waals surface area contributed by atoms with E-state index in [2.05, 4.69) is 20.7 Å². The molecule has 11 heteroatoms. The van der Waals surface area contributed by atoms with Crippen LogP contribution in [0, 0.1) is 0 Å². The van der Waals surface area contributed by atoms with Crippen molar-refractivity contribution < 1.29 is 30.6 Å². The highest BCUT2D eigenvalue weighted by Gasteiger charge is 2.10. The van der Waals surface area contributed by atoms with Crippen LogP contribution >= 0.6 is 0 Å². The number of guanidine groups is 1. The average Bonchev–Trinajstić information content (AvgIpc) is 2.61. The maximum absolute atomic E-state index is 9.60. The summed E-state index contributed by atoms with van der Waals surface area (Å²) in [7, 11) is 0. The lowest BCUT2D eigenvalue weighted by Gasteiger charge is -2.03. The minimum atomic E-state index is -0.689. The first kappa shape index (κ1) is 18.2. The zero-order chi connectivity index (χ0) is 19.3. The summed E-state index contributed by atoms with van der Waals surface area (Å²) in [6.07, 6.45) is 2.20. The predicted molar refractivity (Wildman–Crippen MR) is 92.8 cm³/mol. The quantitative estimate of drug-likeness (QED) is 0.163. The van der Waals surface area contributed by atoms with Crippen LogP contribution in [0.2, 0.25) is 0 Å². The largest absolute Gasteiger partial charge is 0.504 e. The lowest BCUT2D eigenvalue weighted by Crippen LogP contribution is -2.26. The Hall–Kier alpha value is -4.15.